The number of hydrogen-bond acceptors (Lipinski definition) is 1. The van der Waals surface area contributed by atoms with Gasteiger partial charge in [0.2, 0.25) is 0 Å². The molecule has 0 nitrogen and oxygen atoms in total. The van der Waals surface area contributed by atoms with Crippen LogP contribution in [-0.4, -0.2) is 5.25 Å². The molecule has 0 saturated heterocycles. The molecule has 0 bridgehead atoms. The zero-order valence-electron chi connectivity index (χ0n) is 6.96. The van der Waals surface area contributed by atoms with Gasteiger partial charge in [0.15, 0.2) is 0 Å². The van der Waals surface area contributed by atoms with Crippen molar-refractivity contribution in [3.05, 3.63) is 41.9 Å². The molecule has 1 unspecified atom stereocenters. The van der Waals surface area contributed by atoms with E-state index in [1.807, 2.05) is 30.3 Å². The minimum Gasteiger partial charge on any atom is -0.117 e. The lowest BCUT2D eigenvalue weighted by Gasteiger charge is -2.06. The van der Waals surface area contributed by atoms with Gasteiger partial charge in [-0.3, -0.25) is 0 Å². The van der Waals surface area contributed by atoms with Crippen molar-refractivity contribution in [2.24, 2.45) is 0 Å². The standard InChI is InChI=1S/C10H11ClS/c1-3-8(2)12-10-7-5-4-6-9(10)11/h3-8H,1H2,2H3. The molecule has 1 aromatic carbocycles. The van der Waals surface area contributed by atoms with E-state index in [1.165, 1.54) is 0 Å². The normalized spacial score (nSPS) is 12.5. The van der Waals surface area contributed by atoms with E-state index in [9.17, 15) is 0 Å². The molecule has 0 N–H and O–H groups in total. The zero-order valence-corrected chi connectivity index (χ0v) is 8.53. The highest BCUT2D eigenvalue weighted by Gasteiger charge is 2.02. The Kier molecular flexibility index (Phi) is 3.70. The Morgan fingerprint density at radius 3 is 2.75 bits per heavy atom. The largest absolute Gasteiger partial charge is 0.117 e. The van der Waals surface area contributed by atoms with Gasteiger partial charge in [-0.1, -0.05) is 29.8 Å². The Balaban J connectivity index is 2.75. The SMILES string of the molecule is C=CC(C)Sc1ccccc1Cl. The summed E-state index contributed by atoms with van der Waals surface area (Å²) in [6.45, 7) is 5.82. The van der Waals surface area contributed by atoms with Gasteiger partial charge in [0.05, 0.1) is 5.02 Å². The van der Waals surface area contributed by atoms with Crippen molar-refractivity contribution < 1.29 is 0 Å². The molecule has 0 aliphatic rings. The predicted octanol–water partition coefficient (Wildman–Crippen LogP) is 4.01. The van der Waals surface area contributed by atoms with E-state index in [0.29, 0.717) is 5.25 Å². The molecule has 0 aliphatic carbocycles. The number of halogens is 1. The van der Waals surface area contributed by atoms with Crippen molar-refractivity contribution >= 4 is 23.4 Å². The van der Waals surface area contributed by atoms with Crippen LogP contribution in [0.1, 0.15) is 6.92 Å². The summed E-state index contributed by atoms with van der Waals surface area (Å²) in [5.74, 6) is 0. The van der Waals surface area contributed by atoms with Crippen molar-refractivity contribution in [1.82, 2.24) is 0 Å². The summed E-state index contributed by atoms with van der Waals surface area (Å²) in [6, 6.07) is 7.85. The van der Waals surface area contributed by atoms with Gasteiger partial charge in [0.25, 0.3) is 0 Å². The lowest BCUT2D eigenvalue weighted by molar-refractivity contribution is 1.24. The summed E-state index contributed by atoms with van der Waals surface area (Å²) in [5, 5.41) is 1.22. The molecule has 0 heterocycles. The minimum atomic E-state index is 0.407. The first kappa shape index (κ1) is 9.69. The summed E-state index contributed by atoms with van der Waals surface area (Å²) in [4.78, 5) is 1.12. The molecule has 0 radical (unpaired) electrons. The Labute approximate surface area is 82.6 Å². The summed E-state index contributed by atoms with van der Waals surface area (Å²) < 4.78 is 0. The summed E-state index contributed by atoms with van der Waals surface area (Å²) >= 11 is 7.69. The molecule has 64 valence electrons. The lowest BCUT2D eigenvalue weighted by atomic mass is 10.4. The van der Waals surface area contributed by atoms with Crippen LogP contribution < -0.4 is 0 Å². The lowest BCUT2D eigenvalue weighted by Crippen LogP contribution is -1.88. The fourth-order valence-electron chi connectivity index (χ4n) is 0.789. The molecule has 0 aliphatic heterocycles. The van der Waals surface area contributed by atoms with Crippen LogP contribution in [0.2, 0.25) is 5.02 Å². The van der Waals surface area contributed by atoms with Crippen LogP contribution in [0.4, 0.5) is 0 Å². The Bertz CT molecular complexity index is 270. The molecule has 1 aromatic rings. The first-order chi connectivity index (χ1) is 5.74. The Morgan fingerprint density at radius 2 is 2.17 bits per heavy atom. The predicted molar refractivity (Wildman–Crippen MR) is 57.0 cm³/mol. The molecule has 12 heavy (non-hydrogen) atoms. The van der Waals surface area contributed by atoms with E-state index >= 15 is 0 Å². The van der Waals surface area contributed by atoms with Crippen molar-refractivity contribution in [2.45, 2.75) is 17.1 Å². The quantitative estimate of drug-likeness (QED) is 0.523. The maximum Gasteiger partial charge on any atom is 0.0542 e. The first-order valence-electron chi connectivity index (χ1n) is 3.78. The van der Waals surface area contributed by atoms with E-state index in [2.05, 4.69) is 13.5 Å². The molecule has 0 spiro atoms. The number of thioether (sulfide) groups is 1. The van der Waals surface area contributed by atoms with Crippen LogP contribution in [0.3, 0.4) is 0 Å². The van der Waals surface area contributed by atoms with E-state index in [1.54, 1.807) is 11.8 Å². The molecule has 0 aromatic heterocycles. The van der Waals surface area contributed by atoms with Gasteiger partial charge in [0.1, 0.15) is 0 Å². The molecule has 2 heteroatoms. The third-order valence-corrected chi connectivity index (χ3v) is 3.10. The zero-order chi connectivity index (χ0) is 8.97. The Hall–Kier alpha value is -0.400. The van der Waals surface area contributed by atoms with Crippen LogP contribution in [0.15, 0.2) is 41.8 Å². The van der Waals surface area contributed by atoms with Gasteiger partial charge < -0.3 is 0 Å². The van der Waals surface area contributed by atoms with E-state index in [-0.39, 0.29) is 0 Å². The molecule has 0 amide bonds. The Morgan fingerprint density at radius 1 is 1.50 bits per heavy atom. The van der Waals surface area contributed by atoms with Crippen molar-refractivity contribution in [2.75, 3.05) is 0 Å². The third kappa shape index (κ3) is 2.58. The smallest absolute Gasteiger partial charge is 0.0542 e. The van der Waals surface area contributed by atoms with Crippen molar-refractivity contribution in [3.63, 3.8) is 0 Å². The van der Waals surface area contributed by atoms with E-state index in [4.69, 9.17) is 11.6 Å². The van der Waals surface area contributed by atoms with Gasteiger partial charge >= 0.3 is 0 Å². The number of hydrogen-bond donors (Lipinski definition) is 0. The molecule has 0 fully saturated rings. The van der Waals surface area contributed by atoms with Gasteiger partial charge in [0, 0.05) is 10.1 Å². The fraction of sp³-hybridized carbons (Fsp3) is 0.200. The maximum absolute atomic E-state index is 5.97. The van der Waals surface area contributed by atoms with Crippen LogP contribution in [-0.2, 0) is 0 Å². The van der Waals surface area contributed by atoms with Crippen LogP contribution >= 0.6 is 23.4 Å². The highest BCUT2D eigenvalue weighted by Crippen LogP contribution is 2.29. The van der Waals surface area contributed by atoms with Gasteiger partial charge in [-0.05, 0) is 19.1 Å². The maximum atomic E-state index is 5.97. The average molecular weight is 199 g/mol. The van der Waals surface area contributed by atoms with Crippen molar-refractivity contribution in [1.29, 1.82) is 0 Å². The van der Waals surface area contributed by atoms with Gasteiger partial charge in [-0.15, -0.1) is 18.3 Å². The van der Waals surface area contributed by atoms with E-state index in [0.717, 1.165) is 9.92 Å². The molecular formula is C10H11ClS. The first-order valence-corrected chi connectivity index (χ1v) is 5.03. The van der Waals surface area contributed by atoms with Crippen LogP contribution in [0.25, 0.3) is 0 Å². The van der Waals surface area contributed by atoms with Gasteiger partial charge in [-0.25, -0.2) is 0 Å². The summed E-state index contributed by atoms with van der Waals surface area (Å²) in [7, 11) is 0. The fourth-order valence-corrected chi connectivity index (χ4v) is 1.89. The average Bonchev–Trinajstić information content (AvgIpc) is 2.09. The second kappa shape index (κ2) is 4.58. The molecular weight excluding hydrogens is 188 g/mol. The highest BCUT2D eigenvalue weighted by atomic mass is 35.5. The molecule has 0 saturated carbocycles. The molecule has 1 rings (SSSR count). The van der Waals surface area contributed by atoms with Crippen LogP contribution in [0, 0.1) is 0 Å². The van der Waals surface area contributed by atoms with Gasteiger partial charge in [-0.2, -0.15) is 0 Å². The summed E-state index contributed by atoms with van der Waals surface area (Å²) in [5.41, 5.74) is 0. The monoisotopic (exact) mass is 198 g/mol. The minimum absolute atomic E-state index is 0.407. The topological polar surface area (TPSA) is 0 Å². The van der Waals surface area contributed by atoms with Crippen molar-refractivity contribution in [3.8, 4) is 0 Å². The highest BCUT2D eigenvalue weighted by molar-refractivity contribution is 8.00. The summed E-state index contributed by atoms with van der Waals surface area (Å²) in [6.07, 6.45) is 1.91. The number of benzene rings is 1. The van der Waals surface area contributed by atoms with E-state index < -0.39 is 0 Å². The van der Waals surface area contributed by atoms with Crippen LogP contribution in [0.5, 0.6) is 0 Å². The molecule has 1 atom stereocenters. The third-order valence-electron chi connectivity index (χ3n) is 1.48. The number of rotatable bonds is 3. The second-order valence-corrected chi connectivity index (χ2v) is 4.32. The second-order valence-electron chi connectivity index (χ2n) is 2.49.